The third kappa shape index (κ3) is 9.83. The van der Waals surface area contributed by atoms with Crippen LogP contribution in [0.15, 0.2) is 78.4 Å². The zero-order chi connectivity index (χ0) is 40.3. The van der Waals surface area contributed by atoms with Crippen molar-refractivity contribution in [2.45, 2.75) is 184 Å². The normalized spacial score (nSPS) is 40.8. The van der Waals surface area contributed by atoms with Gasteiger partial charge in [0.1, 0.15) is 6.10 Å². The number of hydrogen-bond acceptors (Lipinski definition) is 9. The van der Waals surface area contributed by atoms with E-state index in [0.717, 1.165) is 56.1 Å². The molecule has 5 saturated heterocycles. The van der Waals surface area contributed by atoms with Crippen LogP contribution in [0.2, 0.25) is 0 Å². The molecule has 0 saturated carbocycles. The lowest BCUT2D eigenvalue weighted by Gasteiger charge is -2.49. The largest absolute Gasteiger partial charge is 0.390 e. The van der Waals surface area contributed by atoms with Crippen LogP contribution in [0.5, 0.6) is 0 Å². The fourth-order valence-electron chi connectivity index (χ4n) is 9.54. The van der Waals surface area contributed by atoms with Crippen LogP contribution in [0, 0.1) is 16.0 Å². The molecule has 0 radical (unpaired) electrons. The summed E-state index contributed by atoms with van der Waals surface area (Å²) in [6.07, 6.45) is 19.4. The molecule has 5 fully saturated rings. The van der Waals surface area contributed by atoms with Crippen LogP contribution in [0.25, 0.3) is 6.08 Å². The van der Waals surface area contributed by atoms with Crippen molar-refractivity contribution < 1.29 is 38.8 Å². The molecule has 6 rings (SSSR count). The predicted octanol–water partition coefficient (Wildman–Crippen LogP) is 8.90. The Balaban J connectivity index is 1.06. The van der Waals surface area contributed by atoms with E-state index in [1.807, 2.05) is 25.2 Å². The van der Waals surface area contributed by atoms with Gasteiger partial charge >= 0.3 is 0 Å². The Morgan fingerprint density at radius 1 is 0.911 bits per heavy atom. The van der Waals surface area contributed by atoms with Gasteiger partial charge in [-0.05, 0) is 122 Å². The first-order valence-corrected chi connectivity index (χ1v) is 20.9. The molecule has 1 aromatic carbocycles. The molecule has 10 heteroatoms. The summed E-state index contributed by atoms with van der Waals surface area (Å²) in [7, 11) is 0. The molecule has 0 spiro atoms. The Labute approximate surface area is 333 Å². The average Bonchev–Trinajstić information content (AvgIpc) is 3.41. The van der Waals surface area contributed by atoms with E-state index in [4.69, 9.17) is 23.7 Å². The van der Waals surface area contributed by atoms with Crippen LogP contribution in [-0.2, 0) is 23.7 Å². The first-order chi connectivity index (χ1) is 26.6. The number of allylic oxidation sites excluding steroid dienone is 8. The zero-order valence-corrected chi connectivity index (χ0v) is 34.3. The van der Waals surface area contributed by atoms with Crippen molar-refractivity contribution >= 4 is 11.8 Å². The summed E-state index contributed by atoms with van der Waals surface area (Å²) in [6, 6.07) is 6.52. The second kappa shape index (κ2) is 17.9. The molecule has 0 amide bonds. The molecule has 308 valence electrons. The van der Waals surface area contributed by atoms with E-state index >= 15 is 0 Å². The van der Waals surface area contributed by atoms with E-state index in [1.54, 1.807) is 18.2 Å². The summed E-state index contributed by atoms with van der Waals surface area (Å²) in [4.78, 5) is 10.5. The Hall–Kier alpha value is -2.96. The van der Waals surface area contributed by atoms with Gasteiger partial charge in [0.2, 0.25) is 0 Å². The lowest BCUT2D eigenvalue weighted by molar-refractivity contribution is -0.384. The molecular formula is C46H65NO9. The molecule has 1 aromatic rings. The van der Waals surface area contributed by atoms with E-state index in [-0.39, 0.29) is 54.3 Å². The highest BCUT2D eigenvalue weighted by atomic mass is 16.6. The maximum Gasteiger partial charge on any atom is 0.269 e. The third-order valence-corrected chi connectivity index (χ3v) is 13.3. The van der Waals surface area contributed by atoms with E-state index in [9.17, 15) is 20.3 Å². The van der Waals surface area contributed by atoms with Gasteiger partial charge in [0, 0.05) is 25.0 Å². The third-order valence-electron chi connectivity index (χ3n) is 13.3. The van der Waals surface area contributed by atoms with Crippen LogP contribution < -0.4 is 0 Å². The maximum atomic E-state index is 11.8. The predicted molar refractivity (Wildman–Crippen MR) is 218 cm³/mol. The SMILES string of the molecule is C=C/C=C\CCC1OC2CCC3(C)OC4C(O)CC5(C)OC(CC/C=C(C)/C(C)=C/C=C\c6ccc([N+](=O)[O-])cc6)C(C)CC5OC4CC3OC2CCC1(C)O. The van der Waals surface area contributed by atoms with Gasteiger partial charge in [0.15, 0.2) is 0 Å². The standard InChI is InChI=1S/C46H65NO9/c1-8-9-10-11-18-40-44(5,49)25-23-37-38(52-40)24-26-45(6)42(53-37)28-39-43(56-45)35(48)29-46(7)41(54-39)27-32(4)36(55-46)17-13-15-31(3)30(2)14-12-16-33-19-21-34(22-20-33)47(50)51/h8-10,12,14-16,19-22,32,35-43,48-49H,1,11,13,17-18,23-29H2,2-7H3/b10-9-,16-12-,30-14+,31-15+. The lowest BCUT2D eigenvalue weighted by atomic mass is 9.79. The smallest absolute Gasteiger partial charge is 0.269 e. The minimum Gasteiger partial charge on any atom is -0.390 e. The van der Waals surface area contributed by atoms with Gasteiger partial charge in [-0.3, -0.25) is 10.1 Å². The fraction of sp³-hybridized carbons (Fsp3) is 0.652. The van der Waals surface area contributed by atoms with Gasteiger partial charge in [0.25, 0.3) is 5.69 Å². The van der Waals surface area contributed by atoms with Crippen molar-refractivity contribution in [3.05, 3.63) is 94.1 Å². The number of rotatable bonds is 11. The van der Waals surface area contributed by atoms with Crippen LogP contribution in [-0.4, -0.2) is 86.9 Å². The Morgan fingerprint density at radius 2 is 1.61 bits per heavy atom. The molecule has 5 aliphatic heterocycles. The van der Waals surface area contributed by atoms with Gasteiger partial charge in [-0.15, -0.1) is 0 Å². The van der Waals surface area contributed by atoms with Crippen molar-refractivity contribution in [1.29, 1.82) is 0 Å². The number of non-ortho nitro benzene ring substituents is 1. The first kappa shape index (κ1) is 42.6. The van der Waals surface area contributed by atoms with Crippen LogP contribution >= 0.6 is 0 Å². The number of nitro benzene ring substituents is 1. The summed E-state index contributed by atoms with van der Waals surface area (Å²) < 4.78 is 34.4. The summed E-state index contributed by atoms with van der Waals surface area (Å²) in [5.41, 5.74) is 1.14. The van der Waals surface area contributed by atoms with Crippen LogP contribution in [0.4, 0.5) is 5.69 Å². The van der Waals surface area contributed by atoms with E-state index in [0.29, 0.717) is 25.7 Å². The number of benzene rings is 1. The van der Waals surface area contributed by atoms with Crippen molar-refractivity contribution in [1.82, 2.24) is 0 Å². The average molecular weight is 776 g/mol. The summed E-state index contributed by atoms with van der Waals surface area (Å²) >= 11 is 0. The summed E-state index contributed by atoms with van der Waals surface area (Å²) in [6.45, 7) is 16.3. The Bertz CT molecular complexity index is 1650. The van der Waals surface area contributed by atoms with Gasteiger partial charge in [0.05, 0.1) is 70.6 Å². The van der Waals surface area contributed by atoms with Crippen molar-refractivity contribution in [3.63, 3.8) is 0 Å². The van der Waals surface area contributed by atoms with Crippen LogP contribution in [0.1, 0.15) is 118 Å². The first-order valence-electron chi connectivity index (χ1n) is 20.9. The number of nitro groups is 1. The van der Waals surface area contributed by atoms with Crippen molar-refractivity contribution in [2.24, 2.45) is 5.92 Å². The molecule has 5 heterocycles. The van der Waals surface area contributed by atoms with Gasteiger partial charge in [-0.25, -0.2) is 0 Å². The molecule has 13 atom stereocenters. The number of aliphatic hydroxyl groups is 2. The maximum absolute atomic E-state index is 11.8. The fourth-order valence-corrected chi connectivity index (χ4v) is 9.54. The van der Waals surface area contributed by atoms with Gasteiger partial charge in [-0.2, -0.15) is 0 Å². The van der Waals surface area contributed by atoms with E-state index in [2.05, 4.69) is 59.4 Å². The molecule has 0 aliphatic carbocycles. The summed E-state index contributed by atoms with van der Waals surface area (Å²) in [5.74, 6) is 0.276. The van der Waals surface area contributed by atoms with Gasteiger partial charge < -0.3 is 33.9 Å². The number of nitrogens with zero attached hydrogens (tertiary/aromatic N) is 1. The molecule has 56 heavy (non-hydrogen) atoms. The van der Waals surface area contributed by atoms with E-state index in [1.165, 1.54) is 17.7 Å². The number of fused-ring (bicyclic) bond motifs is 4. The molecule has 0 bridgehead atoms. The molecule has 5 aliphatic rings. The molecule has 10 nitrogen and oxygen atoms in total. The lowest BCUT2D eigenvalue weighted by Crippen LogP contribution is -2.59. The molecule has 13 unspecified atom stereocenters. The zero-order valence-electron chi connectivity index (χ0n) is 34.3. The topological polar surface area (TPSA) is 130 Å². The van der Waals surface area contributed by atoms with Crippen LogP contribution in [0.3, 0.4) is 0 Å². The number of ether oxygens (including phenoxy) is 5. The van der Waals surface area contributed by atoms with E-state index < -0.39 is 33.9 Å². The monoisotopic (exact) mass is 775 g/mol. The minimum atomic E-state index is -0.938. The second-order valence-corrected chi connectivity index (χ2v) is 17.8. The highest BCUT2D eigenvalue weighted by Crippen LogP contribution is 2.49. The Kier molecular flexibility index (Phi) is 13.6. The number of hydrogen-bond donors (Lipinski definition) is 2. The minimum absolute atomic E-state index is 0.0293. The molecule has 2 N–H and O–H groups in total. The van der Waals surface area contributed by atoms with Gasteiger partial charge in [-0.1, -0.05) is 61.6 Å². The summed E-state index contributed by atoms with van der Waals surface area (Å²) in [5, 5.41) is 34.2. The second-order valence-electron chi connectivity index (χ2n) is 17.8. The highest BCUT2D eigenvalue weighted by molar-refractivity contribution is 5.54. The quantitative estimate of drug-likeness (QED) is 0.129. The molecule has 0 aromatic heterocycles. The molecular weight excluding hydrogens is 711 g/mol. The number of aliphatic hydroxyl groups excluding tert-OH is 1. The van der Waals surface area contributed by atoms with Crippen molar-refractivity contribution in [3.8, 4) is 0 Å². The Morgan fingerprint density at radius 3 is 2.34 bits per heavy atom. The highest BCUT2D eigenvalue weighted by Gasteiger charge is 2.58. The van der Waals surface area contributed by atoms with Crippen molar-refractivity contribution in [2.75, 3.05) is 0 Å².